The van der Waals surface area contributed by atoms with Crippen molar-refractivity contribution in [3.8, 4) is 0 Å². The van der Waals surface area contributed by atoms with E-state index in [0.717, 1.165) is 51.4 Å². The van der Waals surface area contributed by atoms with E-state index < -0.39 is 5.41 Å². The lowest BCUT2D eigenvalue weighted by Crippen LogP contribution is -2.44. The van der Waals surface area contributed by atoms with Crippen LogP contribution < -0.4 is 0 Å². The Morgan fingerprint density at radius 3 is 0.649 bits per heavy atom. The molecule has 0 aliphatic heterocycles. The summed E-state index contributed by atoms with van der Waals surface area (Å²) in [6, 6.07) is 0. The van der Waals surface area contributed by atoms with Crippen molar-refractivity contribution in [3.63, 3.8) is 0 Å². The van der Waals surface area contributed by atoms with E-state index in [-0.39, 0.29) is 76.0 Å². The van der Waals surface area contributed by atoms with E-state index in [1.54, 1.807) is 0 Å². The van der Waals surface area contributed by atoms with Gasteiger partial charge in [0.1, 0.15) is 31.8 Å². The molecule has 0 amide bonds. The van der Waals surface area contributed by atoms with Crippen LogP contribution in [0.25, 0.3) is 0 Å². The summed E-state index contributed by atoms with van der Waals surface area (Å²) in [4.78, 5) is 54.2. The Kier molecular flexibility index (Phi) is 56.6. The number of ether oxygens (including phenoxy) is 4. The highest BCUT2D eigenvalue weighted by Gasteiger charge is 2.38. The first-order valence-electron chi connectivity index (χ1n) is 32.6. The SMILES string of the molecule is CCCCCCCCCC(CC)SCCC(=O)OCC(COC(=O)CCSC(CC)CCCCCCCCC)(COC(=O)CCSC(CC)CCCCCCCCC)COC(=O)CCSC(CC)CCCCCCCCC. The number of rotatable bonds is 60. The highest BCUT2D eigenvalue weighted by molar-refractivity contribution is 8.00. The van der Waals surface area contributed by atoms with Crippen LogP contribution in [0.4, 0.5) is 0 Å². The molecular weight excluding hydrogens is 1040 g/mol. The van der Waals surface area contributed by atoms with Crippen molar-refractivity contribution in [2.24, 2.45) is 5.41 Å². The number of hydrogen-bond donors (Lipinski definition) is 0. The van der Waals surface area contributed by atoms with Gasteiger partial charge in [-0.2, -0.15) is 47.0 Å². The van der Waals surface area contributed by atoms with Crippen LogP contribution in [0.3, 0.4) is 0 Å². The Hall–Kier alpha value is -0.720. The van der Waals surface area contributed by atoms with Crippen molar-refractivity contribution in [1.82, 2.24) is 0 Å². The summed E-state index contributed by atoms with van der Waals surface area (Å²) < 4.78 is 24.1. The molecule has 0 radical (unpaired) electrons. The van der Waals surface area contributed by atoms with Gasteiger partial charge in [0.25, 0.3) is 0 Å². The summed E-state index contributed by atoms with van der Waals surface area (Å²) in [7, 11) is 0. The van der Waals surface area contributed by atoms with Gasteiger partial charge in [0.2, 0.25) is 0 Å². The predicted octanol–water partition coefficient (Wildman–Crippen LogP) is 20.3. The highest BCUT2D eigenvalue weighted by atomic mass is 32.2. The Morgan fingerprint density at radius 2 is 0.468 bits per heavy atom. The minimum absolute atomic E-state index is 0.194. The van der Waals surface area contributed by atoms with Crippen molar-refractivity contribution in [2.45, 2.75) is 333 Å². The lowest BCUT2D eigenvalue weighted by atomic mass is 9.92. The lowest BCUT2D eigenvalue weighted by Gasteiger charge is -2.31. The van der Waals surface area contributed by atoms with Crippen LogP contribution in [0.2, 0.25) is 0 Å². The summed E-state index contributed by atoms with van der Waals surface area (Å²) in [6.07, 6.45) is 45.8. The maximum absolute atomic E-state index is 13.6. The minimum atomic E-state index is -1.25. The molecule has 12 heteroatoms. The summed E-state index contributed by atoms with van der Waals surface area (Å²) in [5.41, 5.74) is -1.25. The number of esters is 4. The quantitative estimate of drug-likeness (QED) is 0.0329. The maximum atomic E-state index is 13.6. The van der Waals surface area contributed by atoms with Crippen molar-refractivity contribution in [3.05, 3.63) is 0 Å². The standard InChI is InChI=1S/C65H124O8S4/c1-9-17-21-25-29-33-37-41-57(13-5)74-49-45-61(66)70-53-65(54-71-62(67)46-50-75-58(14-6)42-38-34-30-26-22-18-10-2,55-72-63(68)47-51-76-59(15-7)43-39-35-31-27-23-19-11-3)56-73-64(69)48-52-77-60(16-8)44-40-36-32-28-24-20-12-4/h57-60H,9-56H2,1-8H3. The van der Waals surface area contributed by atoms with Crippen molar-refractivity contribution in [1.29, 1.82) is 0 Å². The normalized spacial score (nSPS) is 13.9. The van der Waals surface area contributed by atoms with Gasteiger partial charge in [0, 0.05) is 44.0 Å². The van der Waals surface area contributed by atoms with Gasteiger partial charge in [-0.25, -0.2) is 0 Å². The van der Waals surface area contributed by atoms with Crippen LogP contribution in [-0.2, 0) is 38.1 Å². The van der Waals surface area contributed by atoms with Gasteiger partial charge in [-0.05, 0) is 51.4 Å². The van der Waals surface area contributed by atoms with E-state index in [4.69, 9.17) is 18.9 Å². The van der Waals surface area contributed by atoms with Crippen molar-refractivity contribution < 1.29 is 38.1 Å². The molecule has 0 aromatic carbocycles. The van der Waals surface area contributed by atoms with E-state index in [1.807, 2.05) is 47.0 Å². The molecule has 0 aromatic rings. The Morgan fingerprint density at radius 1 is 0.286 bits per heavy atom. The highest BCUT2D eigenvalue weighted by Crippen LogP contribution is 2.29. The van der Waals surface area contributed by atoms with E-state index >= 15 is 0 Å². The van der Waals surface area contributed by atoms with Gasteiger partial charge in [-0.15, -0.1) is 0 Å². The second-order valence-corrected chi connectivity index (χ2v) is 28.0. The summed E-state index contributed by atoms with van der Waals surface area (Å²) in [5.74, 6) is 1.19. The summed E-state index contributed by atoms with van der Waals surface area (Å²) >= 11 is 7.37. The van der Waals surface area contributed by atoms with Crippen LogP contribution in [-0.4, -0.2) is 94.3 Å². The molecule has 0 heterocycles. The molecule has 4 unspecified atom stereocenters. The molecule has 0 N–H and O–H groups in total. The number of unbranched alkanes of at least 4 members (excludes halogenated alkanes) is 24. The van der Waals surface area contributed by atoms with E-state index in [2.05, 4.69) is 55.4 Å². The molecule has 0 fully saturated rings. The molecular formula is C65H124O8S4. The lowest BCUT2D eigenvalue weighted by molar-refractivity contribution is -0.170. The molecule has 0 saturated carbocycles. The first kappa shape index (κ1) is 76.3. The molecule has 0 saturated heterocycles. The van der Waals surface area contributed by atoms with Gasteiger partial charge in [-0.3, -0.25) is 19.2 Å². The molecule has 0 aliphatic rings. The van der Waals surface area contributed by atoms with Gasteiger partial charge in [-0.1, -0.05) is 235 Å². The van der Waals surface area contributed by atoms with Gasteiger partial charge in [0.05, 0.1) is 25.7 Å². The zero-order valence-corrected chi connectivity index (χ0v) is 54.9. The molecule has 77 heavy (non-hydrogen) atoms. The van der Waals surface area contributed by atoms with Crippen LogP contribution in [0.15, 0.2) is 0 Å². The average molecular weight is 1160 g/mol. The summed E-state index contributed by atoms with van der Waals surface area (Å²) in [6.45, 7) is 17.1. The van der Waals surface area contributed by atoms with Crippen LogP contribution in [0.5, 0.6) is 0 Å². The first-order valence-corrected chi connectivity index (χ1v) is 36.8. The van der Waals surface area contributed by atoms with Gasteiger partial charge >= 0.3 is 23.9 Å². The predicted molar refractivity (Wildman–Crippen MR) is 341 cm³/mol. The Labute approximate surface area is 494 Å². The fraction of sp³-hybridized carbons (Fsp3) is 0.938. The zero-order valence-electron chi connectivity index (χ0n) is 51.6. The van der Waals surface area contributed by atoms with E-state index in [1.165, 1.54) is 180 Å². The van der Waals surface area contributed by atoms with Crippen LogP contribution >= 0.6 is 47.0 Å². The Bertz CT molecular complexity index is 1140. The number of thioether (sulfide) groups is 4. The first-order chi connectivity index (χ1) is 37.5. The molecule has 0 aromatic heterocycles. The fourth-order valence-corrected chi connectivity index (χ4v) is 14.4. The topological polar surface area (TPSA) is 105 Å². The second kappa shape index (κ2) is 57.1. The number of hydrogen-bond acceptors (Lipinski definition) is 12. The van der Waals surface area contributed by atoms with Crippen LogP contribution in [0, 0.1) is 5.41 Å². The van der Waals surface area contributed by atoms with Crippen molar-refractivity contribution in [2.75, 3.05) is 49.4 Å². The molecule has 8 nitrogen and oxygen atoms in total. The third-order valence-electron chi connectivity index (χ3n) is 15.1. The maximum Gasteiger partial charge on any atom is 0.306 e. The molecule has 456 valence electrons. The largest absolute Gasteiger partial charge is 0.465 e. The third-order valence-corrected chi connectivity index (χ3v) is 21.1. The molecule has 0 bridgehead atoms. The average Bonchev–Trinajstić information content (AvgIpc) is 3.43. The third kappa shape index (κ3) is 48.5. The van der Waals surface area contributed by atoms with Crippen molar-refractivity contribution >= 4 is 70.9 Å². The smallest absolute Gasteiger partial charge is 0.306 e. The van der Waals surface area contributed by atoms with Gasteiger partial charge < -0.3 is 18.9 Å². The van der Waals surface area contributed by atoms with E-state index in [0.29, 0.717) is 44.0 Å². The monoisotopic (exact) mass is 1160 g/mol. The fourth-order valence-electron chi connectivity index (χ4n) is 9.65. The van der Waals surface area contributed by atoms with Gasteiger partial charge in [0.15, 0.2) is 0 Å². The number of carbonyl (C=O) groups is 4. The zero-order chi connectivity index (χ0) is 56.7. The molecule has 0 aliphatic carbocycles. The molecule has 0 spiro atoms. The minimum Gasteiger partial charge on any atom is -0.465 e. The molecule has 4 atom stereocenters. The van der Waals surface area contributed by atoms with E-state index in [9.17, 15) is 19.2 Å². The number of carbonyl (C=O) groups excluding carboxylic acids is 4. The Balaban J connectivity index is 6.02. The summed E-state index contributed by atoms with van der Waals surface area (Å²) in [5, 5.41) is 2.00. The second-order valence-electron chi connectivity index (χ2n) is 22.4. The van der Waals surface area contributed by atoms with Crippen LogP contribution in [0.1, 0.15) is 312 Å². The molecule has 0 rings (SSSR count).